The SMILES string of the molecule is Cc1ccc(NC(=O)CSc2ccc(NC(=O)/C(=C/c3ccc(-c4ccc(Br)cc4)o3)NC(=O)c3ccccc3)cc2)cc1Cl. The van der Waals surface area contributed by atoms with Crippen molar-refractivity contribution in [1.29, 1.82) is 0 Å². The summed E-state index contributed by atoms with van der Waals surface area (Å²) in [7, 11) is 0. The van der Waals surface area contributed by atoms with E-state index in [2.05, 4.69) is 31.9 Å². The zero-order valence-electron chi connectivity index (χ0n) is 24.0. The van der Waals surface area contributed by atoms with E-state index in [0.717, 1.165) is 20.5 Å². The Bertz CT molecular complexity index is 1860. The van der Waals surface area contributed by atoms with Gasteiger partial charge in [-0.3, -0.25) is 14.4 Å². The fourth-order valence-electron chi connectivity index (χ4n) is 4.13. The van der Waals surface area contributed by atoms with E-state index in [0.29, 0.717) is 33.5 Å². The molecule has 0 bridgehead atoms. The van der Waals surface area contributed by atoms with Gasteiger partial charge in [-0.2, -0.15) is 0 Å². The fourth-order valence-corrected chi connectivity index (χ4v) is 5.28. The molecule has 0 aliphatic carbocycles. The van der Waals surface area contributed by atoms with Crippen molar-refractivity contribution in [1.82, 2.24) is 5.32 Å². The number of nitrogens with one attached hydrogen (secondary N) is 3. The fraction of sp³-hybridized carbons (Fsp3) is 0.0571. The minimum Gasteiger partial charge on any atom is -0.457 e. The third-order valence-corrected chi connectivity index (χ3v) is 8.46. The van der Waals surface area contributed by atoms with Crippen molar-refractivity contribution in [3.63, 3.8) is 0 Å². The van der Waals surface area contributed by atoms with Gasteiger partial charge in [-0.05, 0) is 85.3 Å². The minimum atomic E-state index is -0.530. The van der Waals surface area contributed by atoms with E-state index in [9.17, 15) is 14.4 Å². The molecule has 4 aromatic carbocycles. The third-order valence-electron chi connectivity index (χ3n) is 6.51. The van der Waals surface area contributed by atoms with Crippen LogP contribution in [0.2, 0.25) is 5.02 Å². The van der Waals surface area contributed by atoms with Crippen LogP contribution in [0.25, 0.3) is 17.4 Å². The van der Waals surface area contributed by atoms with Gasteiger partial charge in [0.05, 0.1) is 5.75 Å². The van der Waals surface area contributed by atoms with Crippen LogP contribution in [0.4, 0.5) is 11.4 Å². The average molecular weight is 701 g/mol. The lowest BCUT2D eigenvalue weighted by atomic mass is 10.2. The first-order chi connectivity index (χ1) is 21.7. The molecule has 5 aromatic rings. The molecule has 45 heavy (non-hydrogen) atoms. The molecule has 1 aromatic heterocycles. The maximum absolute atomic E-state index is 13.4. The predicted octanol–water partition coefficient (Wildman–Crippen LogP) is 8.81. The molecule has 0 atom stereocenters. The summed E-state index contributed by atoms with van der Waals surface area (Å²) in [4.78, 5) is 39.6. The van der Waals surface area contributed by atoms with Crippen molar-refractivity contribution in [3.8, 4) is 11.3 Å². The van der Waals surface area contributed by atoms with E-state index < -0.39 is 11.8 Å². The highest BCUT2D eigenvalue weighted by molar-refractivity contribution is 9.10. The molecule has 0 radical (unpaired) electrons. The first-order valence-electron chi connectivity index (χ1n) is 13.8. The number of thioether (sulfide) groups is 1. The smallest absolute Gasteiger partial charge is 0.272 e. The number of furan rings is 1. The second-order valence-corrected chi connectivity index (χ2v) is 12.2. The normalized spacial score (nSPS) is 11.1. The zero-order valence-corrected chi connectivity index (χ0v) is 27.1. The number of halogens is 2. The summed E-state index contributed by atoms with van der Waals surface area (Å²) >= 11 is 10.9. The second-order valence-electron chi connectivity index (χ2n) is 9.87. The van der Waals surface area contributed by atoms with Crippen molar-refractivity contribution in [2.24, 2.45) is 0 Å². The Hall–Kier alpha value is -4.57. The number of carbonyl (C=O) groups is 3. The Labute approximate surface area is 278 Å². The first kappa shape index (κ1) is 31.8. The minimum absolute atomic E-state index is 0.00638. The third kappa shape index (κ3) is 8.98. The van der Waals surface area contributed by atoms with Crippen molar-refractivity contribution in [2.75, 3.05) is 16.4 Å². The van der Waals surface area contributed by atoms with E-state index in [1.165, 1.54) is 17.8 Å². The standard InChI is InChI=1S/C35H27BrClN3O4S/c1-22-7-12-27(19-30(22)37)38-33(41)21-45-29-16-13-26(14-17-29)39-35(43)31(40-34(42)24-5-3-2-4-6-24)20-28-15-18-32(44-28)23-8-10-25(36)11-9-23/h2-20H,21H2,1H3,(H,38,41)(H,39,43)(H,40,42)/b31-20-. The lowest BCUT2D eigenvalue weighted by Gasteiger charge is -2.11. The van der Waals surface area contributed by atoms with Crippen LogP contribution < -0.4 is 16.0 Å². The number of carbonyl (C=O) groups excluding carboxylic acids is 3. The van der Waals surface area contributed by atoms with E-state index in [1.807, 2.05) is 37.3 Å². The molecule has 0 aliphatic rings. The van der Waals surface area contributed by atoms with Crippen LogP contribution in [-0.4, -0.2) is 23.5 Å². The average Bonchev–Trinajstić information content (AvgIpc) is 3.51. The Morgan fingerprint density at radius 1 is 0.844 bits per heavy atom. The largest absolute Gasteiger partial charge is 0.457 e. The molecule has 0 saturated heterocycles. The first-order valence-corrected chi connectivity index (χ1v) is 15.9. The number of aryl methyl sites for hydroxylation is 1. The molecule has 0 saturated carbocycles. The molecular formula is C35H27BrClN3O4S. The monoisotopic (exact) mass is 699 g/mol. The van der Waals surface area contributed by atoms with Gasteiger partial charge >= 0.3 is 0 Å². The molecule has 0 aliphatic heterocycles. The summed E-state index contributed by atoms with van der Waals surface area (Å²) in [5, 5.41) is 8.97. The van der Waals surface area contributed by atoms with Gasteiger partial charge in [0.25, 0.3) is 11.8 Å². The quantitative estimate of drug-likeness (QED) is 0.0999. The Morgan fingerprint density at radius 3 is 2.27 bits per heavy atom. The molecule has 1 heterocycles. The Balaban J connectivity index is 1.26. The number of rotatable bonds is 10. The summed E-state index contributed by atoms with van der Waals surface area (Å²) in [6.45, 7) is 1.90. The molecule has 7 nitrogen and oxygen atoms in total. The van der Waals surface area contributed by atoms with Gasteiger partial charge in [-0.25, -0.2) is 0 Å². The molecule has 0 unspecified atom stereocenters. The van der Waals surface area contributed by atoms with Crippen molar-refractivity contribution < 1.29 is 18.8 Å². The zero-order chi connectivity index (χ0) is 31.8. The summed E-state index contributed by atoms with van der Waals surface area (Å²) in [5.74, 6) is 0.0762. The highest BCUT2D eigenvalue weighted by Crippen LogP contribution is 2.26. The van der Waals surface area contributed by atoms with Gasteiger partial charge in [0.1, 0.15) is 17.2 Å². The van der Waals surface area contributed by atoms with Crippen LogP contribution in [0.1, 0.15) is 21.7 Å². The molecule has 0 spiro atoms. The number of benzene rings is 4. The topological polar surface area (TPSA) is 100 Å². The van der Waals surface area contributed by atoms with Gasteiger partial charge in [0, 0.05) is 43.0 Å². The van der Waals surface area contributed by atoms with Crippen LogP contribution in [0.5, 0.6) is 0 Å². The number of hydrogen-bond donors (Lipinski definition) is 3. The van der Waals surface area contributed by atoms with E-state index in [-0.39, 0.29) is 17.4 Å². The lowest BCUT2D eigenvalue weighted by Crippen LogP contribution is -2.30. The maximum Gasteiger partial charge on any atom is 0.272 e. The molecule has 0 fully saturated rings. The maximum atomic E-state index is 13.4. The van der Waals surface area contributed by atoms with E-state index in [1.54, 1.807) is 78.9 Å². The van der Waals surface area contributed by atoms with Crippen LogP contribution in [0.3, 0.4) is 0 Å². The van der Waals surface area contributed by atoms with E-state index in [4.69, 9.17) is 16.0 Å². The molecule has 10 heteroatoms. The van der Waals surface area contributed by atoms with Gasteiger partial charge < -0.3 is 20.4 Å². The van der Waals surface area contributed by atoms with Gasteiger partial charge in [0.15, 0.2) is 0 Å². The molecule has 3 amide bonds. The van der Waals surface area contributed by atoms with Crippen molar-refractivity contribution in [3.05, 3.63) is 141 Å². The summed E-state index contributed by atoms with van der Waals surface area (Å²) in [6, 6.07) is 32.2. The summed E-state index contributed by atoms with van der Waals surface area (Å²) < 4.78 is 6.92. The summed E-state index contributed by atoms with van der Waals surface area (Å²) in [6.07, 6.45) is 1.49. The molecule has 226 valence electrons. The molecular weight excluding hydrogens is 674 g/mol. The van der Waals surface area contributed by atoms with Crippen LogP contribution in [0, 0.1) is 6.92 Å². The Kier molecular flexibility index (Phi) is 10.6. The highest BCUT2D eigenvalue weighted by atomic mass is 79.9. The van der Waals surface area contributed by atoms with Gasteiger partial charge in [0.2, 0.25) is 5.91 Å². The second kappa shape index (κ2) is 14.9. The van der Waals surface area contributed by atoms with E-state index >= 15 is 0 Å². The molecule has 5 rings (SSSR count). The number of anilines is 2. The van der Waals surface area contributed by atoms with Crippen LogP contribution >= 0.6 is 39.3 Å². The van der Waals surface area contributed by atoms with Gasteiger partial charge in [-0.15, -0.1) is 11.8 Å². The van der Waals surface area contributed by atoms with Crippen molar-refractivity contribution >= 4 is 74.5 Å². The number of hydrogen-bond acceptors (Lipinski definition) is 5. The van der Waals surface area contributed by atoms with Crippen LogP contribution in [-0.2, 0) is 9.59 Å². The molecule has 3 N–H and O–H groups in total. The Morgan fingerprint density at radius 2 is 1.56 bits per heavy atom. The number of amides is 3. The lowest BCUT2D eigenvalue weighted by molar-refractivity contribution is -0.114. The van der Waals surface area contributed by atoms with Gasteiger partial charge in [-0.1, -0.05) is 63.9 Å². The summed E-state index contributed by atoms with van der Waals surface area (Å²) in [5.41, 5.74) is 3.36. The van der Waals surface area contributed by atoms with Crippen LogP contribution in [0.15, 0.2) is 129 Å². The predicted molar refractivity (Wildman–Crippen MR) is 184 cm³/mol. The highest BCUT2D eigenvalue weighted by Gasteiger charge is 2.17. The van der Waals surface area contributed by atoms with Crippen molar-refractivity contribution in [2.45, 2.75) is 11.8 Å².